The summed E-state index contributed by atoms with van der Waals surface area (Å²) in [4.78, 5) is 34.5. The molecule has 0 N–H and O–H groups in total. The maximum Gasteiger partial charge on any atom is 0.293 e. The number of anilines is 1. The molecule has 2 heterocycles. The van der Waals surface area contributed by atoms with E-state index in [-0.39, 0.29) is 11.6 Å². The zero-order chi connectivity index (χ0) is 24.2. The van der Waals surface area contributed by atoms with Gasteiger partial charge in [-0.05, 0) is 36.4 Å². The van der Waals surface area contributed by atoms with Crippen LogP contribution in [0.15, 0.2) is 47.8 Å². The van der Waals surface area contributed by atoms with Crippen molar-refractivity contribution < 1.29 is 14.5 Å². The fraction of sp³-hybridized carbons (Fsp3) is 0.333. The predicted octanol–water partition coefficient (Wildman–Crippen LogP) is 3.75. The largest absolute Gasteiger partial charge is 0.497 e. The fourth-order valence-corrected chi connectivity index (χ4v) is 4.76. The predicted molar refractivity (Wildman–Crippen MR) is 133 cm³/mol. The lowest BCUT2D eigenvalue weighted by molar-refractivity contribution is -0.384. The van der Waals surface area contributed by atoms with E-state index < -0.39 is 4.92 Å². The third-order valence-electron chi connectivity index (χ3n) is 5.83. The lowest BCUT2D eigenvalue weighted by atomic mass is 10.1. The van der Waals surface area contributed by atoms with E-state index in [9.17, 15) is 14.9 Å². The first-order valence-electron chi connectivity index (χ1n) is 10.9. The first kappa shape index (κ1) is 23.7. The summed E-state index contributed by atoms with van der Waals surface area (Å²) >= 11 is 1.61. The average molecular weight is 482 g/mol. The van der Waals surface area contributed by atoms with E-state index in [4.69, 9.17) is 9.72 Å². The van der Waals surface area contributed by atoms with Crippen LogP contribution >= 0.6 is 11.3 Å². The van der Waals surface area contributed by atoms with E-state index in [2.05, 4.69) is 10.3 Å². The number of nitro groups is 1. The highest BCUT2D eigenvalue weighted by atomic mass is 32.1. The minimum absolute atomic E-state index is 0.0642. The van der Waals surface area contributed by atoms with Crippen LogP contribution in [-0.4, -0.2) is 73.0 Å². The highest BCUT2D eigenvalue weighted by molar-refractivity contribution is 7.13. The zero-order valence-electron chi connectivity index (χ0n) is 19.4. The van der Waals surface area contributed by atoms with Gasteiger partial charge in [0.25, 0.3) is 11.6 Å². The van der Waals surface area contributed by atoms with Gasteiger partial charge >= 0.3 is 0 Å². The first-order valence-corrected chi connectivity index (χ1v) is 11.8. The third kappa shape index (κ3) is 5.18. The molecule has 0 radical (unpaired) electrons. The number of carbonyl (C=O) groups excluding carboxylic acids is 1. The molecule has 1 aromatic heterocycles. The molecule has 9 nitrogen and oxygen atoms in total. The molecule has 1 aliphatic heterocycles. The van der Waals surface area contributed by atoms with Crippen molar-refractivity contribution in [1.29, 1.82) is 0 Å². The standard InChI is InChI=1S/C24H27N5O4S/c1-26(2)21-9-6-18(14-22(21)29(31)32)24(30)28-12-10-27(11-13-28)15-19-16-34-23(25-19)17-4-7-20(33-3)8-5-17/h4-9,14,16H,10-13,15H2,1-3H3. The van der Waals surface area contributed by atoms with E-state index in [1.807, 2.05) is 24.3 Å². The Bertz CT molecular complexity index is 1170. The summed E-state index contributed by atoms with van der Waals surface area (Å²) in [5.41, 5.74) is 2.82. The summed E-state index contributed by atoms with van der Waals surface area (Å²) in [5, 5.41) is 14.5. The highest BCUT2D eigenvalue weighted by Crippen LogP contribution is 2.29. The minimum Gasteiger partial charge on any atom is -0.497 e. The monoisotopic (exact) mass is 481 g/mol. The summed E-state index contributed by atoms with van der Waals surface area (Å²) in [6.45, 7) is 3.30. The van der Waals surface area contributed by atoms with Crippen LogP contribution in [0.5, 0.6) is 5.75 Å². The van der Waals surface area contributed by atoms with E-state index in [1.54, 1.807) is 54.5 Å². The first-order chi connectivity index (χ1) is 16.4. The maximum atomic E-state index is 13.0. The Labute approximate surface area is 202 Å². The van der Waals surface area contributed by atoms with Gasteiger partial charge in [0.05, 0.1) is 17.7 Å². The number of methoxy groups -OCH3 is 1. The normalized spacial score (nSPS) is 14.1. The van der Waals surface area contributed by atoms with Crippen LogP contribution in [0.3, 0.4) is 0 Å². The molecule has 0 saturated carbocycles. The Morgan fingerprint density at radius 3 is 2.47 bits per heavy atom. The topological polar surface area (TPSA) is 92.1 Å². The second-order valence-corrected chi connectivity index (χ2v) is 9.15. The number of ether oxygens (including phenoxy) is 1. The molecule has 0 atom stereocenters. The number of benzene rings is 2. The summed E-state index contributed by atoms with van der Waals surface area (Å²) in [6.07, 6.45) is 0. The van der Waals surface area contributed by atoms with Crippen LogP contribution in [0.2, 0.25) is 0 Å². The Kier molecular flexibility index (Phi) is 7.09. The smallest absolute Gasteiger partial charge is 0.293 e. The molecule has 3 aromatic rings. The summed E-state index contributed by atoms with van der Waals surface area (Å²) in [7, 11) is 5.13. The molecule has 1 fully saturated rings. The molecule has 4 rings (SSSR count). The fourth-order valence-electron chi connectivity index (χ4n) is 3.95. The lowest BCUT2D eigenvalue weighted by Gasteiger charge is -2.34. The molecule has 10 heteroatoms. The minimum atomic E-state index is -0.446. The van der Waals surface area contributed by atoms with Crippen LogP contribution in [-0.2, 0) is 6.54 Å². The van der Waals surface area contributed by atoms with Gasteiger partial charge in [-0.15, -0.1) is 11.3 Å². The average Bonchev–Trinajstić information content (AvgIpc) is 3.32. The number of piperazine rings is 1. The molecule has 178 valence electrons. The van der Waals surface area contributed by atoms with Gasteiger partial charge in [0.2, 0.25) is 0 Å². The number of rotatable bonds is 7. The molecule has 1 saturated heterocycles. The Morgan fingerprint density at radius 1 is 1.15 bits per heavy atom. The van der Waals surface area contributed by atoms with Crippen LogP contribution in [0.4, 0.5) is 11.4 Å². The van der Waals surface area contributed by atoms with E-state index in [0.717, 1.165) is 41.6 Å². The number of thiazole rings is 1. The molecule has 1 amide bonds. The van der Waals surface area contributed by atoms with Crippen molar-refractivity contribution in [2.75, 3.05) is 52.3 Å². The van der Waals surface area contributed by atoms with E-state index in [1.165, 1.54) is 6.07 Å². The second kappa shape index (κ2) is 10.2. The van der Waals surface area contributed by atoms with Crippen LogP contribution in [0, 0.1) is 10.1 Å². The molecular weight excluding hydrogens is 454 g/mol. The molecular formula is C24H27N5O4S. The Hall–Kier alpha value is -3.50. The van der Waals surface area contributed by atoms with Crippen LogP contribution < -0.4 is 9.64 Å². The second-order valence-electron chi connectivity index (χ2n) is 8.30. The van der Waals surface area contributed by atoms with E-state index >= 15 is 0 Å². The number of aromatic nitrogens is 1. The molecule has 0 bridgehead atoms. The molecule has 0 unspecified atom stereocenters. The maximum absolute atomic E-state index is 13.0. The number of carbonyl (C=O) groups is 1. The zero-order valence-corrected chi connectivity index (χ0v) is 20.2. The van der Waals surface area contributed by atoms with Crippen molar-refractivity contribution in [1.82, 2.24) is 14.8 Å². The van der Waals surface area contributed by atoms with Crippen molar-refractivity contribution in [2.24, 2.45) is 0 Å². The number of amides is 1. The summed E-state index contributed by atoms with van der Waals surface area (Å²) in [5.74, 6) is 0.639. The van der Waals surface area contributed by atoms with Gasteiger partial charge in [-0.2, -0.15) is 0 Å². The SMILES string of the molecule is COc1ccc(-c2nc(CN3CCN(C(=O)c4ccc(N(C)C)c([N+](=O)[O-])c4)CC3)cs2)cc1. The lowest BCUT2D eigenvalue weighted by Crippen LogP contribution is -2.48. The quantitative estimate of drug-likeness (QED) is 0.375. The van der Waals surface area contributed by atoms with Gasteiger partial charge in [-0.3, -0.25) is 19.8 Å². The van der Waals surface area contributed by atoms with Crippen LogP contribution in [0.1, 0.15) is 16.1 Å². The van der Waals surface area contributed by atoms with Gasteiger partial charge in [0.15, 0.2) is 0 Å². The van der Waals surface area contributed by atoms with Gasteiger partial charge in [0.1, 0.15) is 16.4 Å². The van der Waals surface area contributed by atoms with Crippen molar-refractivity contribution in [3.05, 3.63) is 69.2 Å². The molecule has 34 heavy (non-hydrogen) atoms. The molecule has 2 aromatic carbocycles. The van der Waals surface area contributed by atoms with Gasteiger partial charge in [-0.1, -0.05) is 0 Å². The highest BCUT2D eigenvalue weighted by Gasteiger charge is 2.25. The summed E-state index contributed by atoms with van der Waals surface area (Å²) < 4.78 is 5.21. The number of hydrogen-bond acceptors (Lipinski definition) is 8. The third-order valence-corrected chi connectivity index (χ3v) is 6.77. The van der Waals surface area contributed by atoms with Gasteiger partial charge in [-0.25, -0.2) is 4.98 Å². The van der Waals surface area contributed by atoms with E-state index in [0.29, 0.717) is 24.3 Å². The molecule has 1 aliphatic rings. The van der Waals surface area contributed by atoms with Crippen molar-refractivity contribution in [3.8, 4) is 16.3 Å². The number of nitrogens with zero attached hydrogens (tertiary/aromatic N) is 5. The van der Waals surface area contributed by atoms with Crippen molar-refractivity contribution >= 4 is 28.6 Å². The van der Waals surface area contributed by atoms with Crippen molar-refractivity contribution in [2.45, 2.75) is 6.54 Å². The summed E-state index contributed by atoms with van der Waals surface area (Å²) in [6, 6.07) is 12.5. The molecule has 0 spiro atoms. The van der Waals surface area contributed by atoms with Gasteiger partial charge in [0, 0.05) is 69.4 Å². The van der Waals surface area contributed by atoms with Crippen LogP contribution in [0.25, 0.3) is 10.6 Å². The Balaban J connectivity index is 1.35. The number of hydrogen-bond donors (Lipinski definition) is 0. The van der Waals surface area contributed by atoms with Gasteiger partial charge < -0.3 is 14.5 Å². The Morgan fingerprint density at radius 2 is 1.85 bits per heavy atom. The van der Waals surface area contributed by atoms with Crippen molar-refractivity contribution in [3.63, 3.8) is 0 Å². The molecule has 0 aliphatic carbocycles. The number of nitro benzene ring substituents is 1.